The number of rotatable bonds is 7. The van der Waals surface area contributed by atoms with Crippen molar-refractivity contribution in [1.82, 2.24) is 0 Å². The molecule has 0 bridgehead atoms. The van der Waals surface area contributed by atoms with Gasteiger partial charge in [0.1, 0.15) is 18.8 Å². The molecule has 0 unspecified atom stereocenters. The van der Waals surface area contributed by atoms with Gasteiger partial charge in [0.25, 0.3) is 10.1 Å². The molecule has 0 atom stereocenters. The molecule has 7 heteroatoms. The number of aliphatic hydroxyl groups is 2. The van der Waals surface area contributed by atoms with Crippen molar-refractivity contribution in [3.63, 3.8) is 0 Å². The molecule has 0 saturated carbocycles. The lowest BCUT2D eigenvalue weighted by Crippen LogP contribution is -3.13. The first kappa shape index (κ1) is 12.8. The summed E-state index contributed by atoms with van der Waals surface area (Å²) >= 11 is 0. The van der Waals surface area contributed by atoms with E-state index in [1.807, 2.05) is 0 Å². The number of quaternary nitrogens is 1. The van der Waals surface area contributed by atoms with E-state index in [9.17, 15) is 8.42 Å². The summed E-state index contributed by atoms with van der Waals surface area (Å²) in [6.07, 6.45) is 0. The Bertz CT molecular complexity index is 209. The highest BCUT2D eigenvalue weighted by atomic mass is 32.2. The van der Waals surface area contributed by atoms with Crippen LogP contribution in [0.2, 0.25) is 0 Å². The average Bonchev–Trinajstić information content (AvgIpc) is 2.00. The lowest BCUT2D eigenvalue weighted by atomic mass is 10.5. The van der Waals surface area contributed by atoms with Gasteiger partial charge in [0.2, 0.25) is 0 Å². The van der Waals surface area contributed by atoms with Crippen LogP contribution in [-0.4, -0.2) is 61.8 Å². The van der Waals surface area contributed by atoms with Crippen molar-refractivity contribution in [3.05, 3.63) is 0 Å². The fourth-order valence-corrected chi connectivity index (χ4v) is 1.51. The third kappa shape index (κ3) is 8.13. The first-order chi connectivity index (χ1) is 5.99. The monoisotopic (exact) mass is 214 g/mol. The van der Waals surface area contributed by atoms with E-state index in [4.69, 9.17) is 14.8 Å². The van der Waals surface area contributed by atoms with E-state index < -0.39 is 10.1 Å². The number of hydrogen-bond acceptors (Lipinski definition) is 4. The Kier molecular flexibility index (Phi) is 6.17. The minimum absolute atomic E-state index is 0.0686. The molecule has 0 fully saturated rings. The largest absolute Gasteiger partial charge is 0.391 e. The highest BCUT2D eigenvalue weighted by Crippen LogP contribution is 1.75. The van der Waals surface area contributed by atoms with Gasteiger partial charge in [0.05, 0.1) is 19.8 Å². The van der Waals surface area contributed by atoms with E-state index in [0.717, 1.165) is 4.90 Å². The first-order valence-corrected chi connectivity index (χ1v) is 5.61. The predicted molar refractivity (Wildman–Crippen MR) is 46.2 cm³/mol. The smallest absolute Gasteiger partial charge is 0.270 e. The SMILES string of the molecule is O=S(=O)(O)CC[NH+](CCO)CCO. The second kappa shape index (κ2) is 6.28. The maximum atomic E-state index is 10.4. The molecule has 0 aromatic carbocycles. The van der Waals surface area contributed by atoms with Crippen LogP contribution >= 0.6 is 0 Å². The molecule has 0 heterocycles. The molecular formula is C6H16NO5S+. The predicted octanol–water partition coefficient (Wildman–Crippen LogP) is -3.26. The van der Waals surface area contributed by atoms with Crippen LogP contribution in [0.3, 0.4) is 0 Å². The van der Waals surface area contributed by atoms with Crippen LogP contribution in [0.15, 0.2) is 0 Å². The summed E-state index contributed by atoms with van der Waals surface area (Å²) in [4.78, 5) is 0.752. The average molecular weight is 214 g/mol. The van der Waals surface area contributed by atoms with E-state index in [1.165, 1.54) is 0 Å². The van der Waals surface area contributed by atoms with Gasteiger partial charge in [0.15, 0.2) is 0 Å². The van der Waals surface area contributed by atoms with Gasteiger partial charge in [-0.1, -0.05) is 0 Å². The summed E-state index contributed by atoms with van der Waals surface area (Å²) < 4.78 is 29.2. The molecular weight excluding hydrogens is 198 g/mol. The third-order valence-electron chi connectivity index (χ3n) is 1.64. The van der Waals surface area contributed by atoms with Gasteiger partial charge in [0, 0.05) is 0 Å². The minimum Gasteiger partial charge on any atom is -0.391 e. The Balaban J connectivity index is 3.81. The Morgan fingerprint density at radius 3 is 1.77 bits per heavy atom. The quantitative estimate of drug-likeness (QED) is 0.333. The molecule has 0 saturated heterocycles. The van der Waals surface area contributed by atoms with Gasteiger partial charge in [-0.2, -0.15) is 8.42 Å². The van der Waals surface area contributed by atoms with Gasteiger partial charge < -0.3 is 15.1 Å². The van der Waals surface area contributed by atoms with Crippen LogP contribution in [0.1, 0.15) is 0 Å². The Morgan fingerprint density at radius 1 is 1.00 bits per heavy atom. The molecule has 0 radical (unpaired) electrons. The molecule has 0 aliphatic carbocycles. The molecule has 80 valence electrons. The summed E-state index contributed by atoms with van der Waals surface area (Å²) in [6, 6.07) is 0. The lowest BCUT2D eigenvalue weighted by Gasteiger charge is -2.15. The van der Waals surface area contributed by atoms with Gasteiger partial charge in [-0.3, -0.25) is 4.55 Å². The second-order valence-electron chi connectivity index (χ2n) is 2.73. The van der Waals surface area contributed by atoms with Crippen molar-refractivity contribution in [3.8, 4) is 0 Å². The number of hydrogen-bond donors (Lipinski definition) is 4. The molecule has 13 heavy (non-hydrogen) atoms. The summed E-state index contributed by atoms with van der Waals surface area (Å²) in [7, 11) is -3.94. The fourth-order valence-electron chi connectivity index (χ4n) is 0.965. The molecule has 0 amide bonds. The fraction of sp³-hybridized carbons (Fsp3) is 1.00. The number of nitrogens with one attached hydrogen (secondary N) is 1. The van der Waals surface area contributed by atoms with Crippen LogP contribution < -0.4 is 4.90 Å². The molecule has 6 nitrogen and oxygen atoms in total. The molecule has 0 aliphatic rings. The molecule has 0 aliphatic heterocycles. The van der Waals surface area contributed by atoms with Gasteiger partial charge in [-0.05, 0) is 0 Å². The Morgan fingerprint density at radius 2 is 1.46 bits per heavy atom. The zero-order chi connectivity index (χ0) is 10.3. The Labute approximate surface area is 77.5 Å². The van der Waals surface area contributed by atoms with Crippen LogP contribution in [0.5, 0.6) is 0 Å². The molecule has 0 aromatic heterocycles. The maximum Gasteiger partial charge on any atom is 0.270 e. The zero-order valence-electron chi connectivity index (χ0n) is 7.31. The first-order valence-electron chi connectivity index (χ1n) is 4.00. The van der Waals surface area contributed by atoms with Crippen molar-refractivity contribution >= 4 is 10.1 Å². The van der Waals surface area contributed by atoms with Crippen molar-refractivity contribution < 1.29 is 28.1 Å². The van der Waals surface area contributed by atoms with Gasteiger partial charge in [-0.15, -0.1) is 0 Å². The molecule has 0 spiro atoms. The molecule has 0 aromatic rings. The minimum atomic E-state index is -3.94. The van der Waals surface area contributed by atoms with Crippen LogP contribution in [0.25, 0.3) is 0 Å². The lowest BCUT2D eigenvalue weighted by molar-refractivity contribution is -0.898. The highest BCUT2D eigenvalue weighted by molar-refractivity contribution is 7.85. The summed E-state index contributed by atoms with van der Waals surface area (Å²) in [5.74, 6) is -0.345. The topological polar surface area (TPSA) is 99.3 Å². The van der Waals surface area contributed by atoms with Crippen molar-refractivity contribution in [2.24, 2.45) is 0 Å². The van der Waals surface area contributed by atoms with Crippen molar-refractivity contribution in [2.45, 2.75) is 0 Å². The molecule has 4 N–H and O–H groups in total. The van der Waals surface area contributed by atoms with E-state index in [1.54, 1.807) is 0 Å². The van der Waals surface area contributed by atoms with Crippen LogP contribution in [-0.2, 0) is 10.1 Å². The molecule has 0 rings (SSSR count). The van der Waals surface area contributed by atoms with Crippen molar-refractivity contribution in [2.75, 3.05) is 38.6 Å². The van der Waals surface area contributed by atoms with Crippen LogP contribution in [0.4, 0.5) is 0 Å². The Hall–Kier alpha value is -0.210. The summed E-state index contributed by atoms with van der Waals surface area (Å²) in [6.45, 7) is 0.799. The van der Waals surface area contributed by atoms with Gasteiger partial charge >= 0.3 is 0 Å². The standard InChI is InChI=1S/C6H15NO5S/c8-4-1-7(2-5-9)3-6-13(10,11)12/h8-9H,1-6H2,(H,10,11,12)/p+1. The highest BCUT2D eigenvalue weighted by Gasteiger charge is 2.12. The maximum absolute atomic E-state index is 10.4. The number of aliphatic hydroxyl groups excluding tert-OH is 2. The normalized spacial score (nSPS) is 12.3. The zero-order valence-corrected chi connectivity index (χ0v) is 8.13. The third-order valence-corrected chi connectivity index (χ3v) is 2.36. The second-order valence-corrected chi connectivity index (χ2v) is 4.31. The van der Waals surface area contributed by atoms with E-state index in [2.05, 4.69) is 0 Å². The van der Waals surface area contributed by atoms with Crippen LogP contribution in [0, 0.1) is 0 Å². The van der Waals surface area contributed by atoms with E-state index in [0.29, 0.717) is 13.1 Å². The van der Waals surface area contributed by atoms with Gasteiger partial charge in [-0.25, -0.2) is 0 Å². The van der Waals surface area contributed by atoms with E-state index >= 15 is 0 Å². The van der Waals surface area contributed by atoms with Crippen molar-refractivity contribution in [1.29, 1.82) is 0 Å². The summed E-state index contributed by atoms with van der Waals surface area (Å²) in [5, 5.41) is 17.2. The summed E-state index contributed by atoms with van der Waals surface area (Å²) in [5.41, 5.74) is 0. The van der Waals surface area contributed by atoms with E-state index in [-0.39, 0.29) is 25.5 Å².